The number of amides is 1. The molecule has 1 amide bonds. The summed E-state index contributed by atoms with van der Waals surface area (Å²) in [5, 5.41) is 21.2. The summed E-state index contributed by atoms with van der Waals surface area (Å²) in [6, 6.07) is 15.0. The molecule has 5 nitrogen and oxygen atoms in total. The minimum absolute atomic E-state index is 0.000787. The third-order valence-electron chi connectivity index (χ3n) is 4.88. The van der Waals surface area contributed by atoms with Crippen LogP contribution < -0.4 is 10.2 Å². The SMILES string of the molecule is C[C@H]1C[C@@H](C(=O)NCC#N)N(c2ccc(Cl)c(-c3ccc(CO)cc3)c2)C1. The molecule has 27 heavy (non-hydrogen) atoms. The normalized spacial score (nSPS) is 19.0. The van der Waals surface area contributed by atoms with Crippen LogP contribution in [-0.2, 0) is 11.4 Å². The van der Waals surface area contributed by atoms with Crippen LogP contribution in [0.25, 0.3) is 11.1 Å². The quantitative estimate of drug-likeness (QED) is 0.776. The number of benzene rings is 2. The Balaban J connectivity index is 1.91. The fraction of sp³-hybridized carbons (Fsp3) is 0.333. The van der Waals surface area contributed by atoms with Crippen molar-refractivity contribution in [1.29, 1.82) is 5.26 Å². The predicted molar refractivity (Wildman–Crippen MR) is 106 cm³/mol. The molecule has 2 atom stereocenters. The lowest BCUT2D eigenvalue weighted by atomic mass is 10.0. The summed E-state index contributed by atoms with van der Waals surface area (Å²) in [5.74, 6) is 0.260. The molecule has 0 spiro atoms. The number of carbonyl (C=O) groups excluding carboxylic acids is 1. The number of hydrogen-bond acceptors (Lipinski definition) is 4. The molecule has 140 valence electrons. The van der Waals surface area contributed by atoms with Crippen LogP contribution >= 0.6 is 11.6 Å². The van der Waals surface area contributed by atoms with E-state index in [0.29, 0.717) is 10.9 Å². The van der Waals surface area contributed by atoms with Gasteiger partial charge in [-0.05, 0) is 41.7 Å². The first-order valence-corrected chi connectivity index (χ1v) is 9.32. The smallest absolute Gasteiger partial charge is 0.243 e. The van der Waals surface area contributed by atoms with Crippen molar-refractivity contribution in [3.63, 3.8) is 0 Å². The van der Waals surface area contributed by atoms with Crippen LogP contribution in [0.2, 0.25) is 5.02 Å². The van der Waals surface area contributed by atoms with E-state index < -0.39 is 0 Å². The molecule has 1 aliphatic rings. The topological polar surface area (TPSA) is 76.4 Å². The third-order valence-corrected chi connectivity index (χ3v) is 5.21. The van der Waals surface area contributed by atoms with E-state index in [1.54, 1.807) is 0 Å². The van der Waals surface area contributed by atoms with E-state index in [9.17, 15) is 9.90 Å². The molecule has 0 bridgehead atoms. The van der Waals surface area contributed by atoms with Crippen LogP contribution in [0.15, 0.2) is 42.5 Å². The number of nitrogens with zero attached hydrogens (tertiary/aromatic N) is 2. The number of carbonyl (C=O) groups is 1. The van der Waals surface area contributed by atoms with Gasteiger partial charge in [-0.25, -0.2) is 0 Å². The highest BCUT2D eigenvalue weighted by Gasteiger charge is 2.35. The summed E-state index contributed by atoms with van der Waals surface area (Å²) in [7, 11) is 0. The van der Waals surface area contributed by atoms with Gasteiger partial charge < -0.3 is 15.3 Å². The van der Waals surface area contributed by atoms with Gasteiger partial charge in [0, 0.05) is 22.8 Å². The van der Waals surface area contributed by atoms with Crippen LogP contribution in [0.5, 0.6) is 0 Å². The minimum atomic E-state index is -0.292. The molecule has 2 N–H and O–H groups in total. The molecule has 0 unspecified atom stereocenters. The molecule has 1 heterocycles. The fourth-order valence-electron chi connectivity index (χ4n) is 3.53. The van der Waals surface area contributed by atoms with Crippen molar-refractivity contribution < 1.29 is 9.90 Å². The Labute approximate surface area is 164 Å². The van der Waals surface area contributed by atoms with Crippen LogP contribution in [0.1, 0.15) is 18.9 Å². The molecule has 2 aromatic carbocycles. The molecular weight excluding hydrogens is 362 g/mol. The van der Waals surface area contributed by atoms with E-state index >= 15 is 0 Å². The second-order valence-corrected chi connectivity index (χ2v) is 7.31. The maximum absolute atomic E-state index is 12.5. The number of anilines is 1. The Morgan fingerprint density at radius 3 is 2.74 bits per heavy atom. The highest BCUT2D eigenvalue weighted by Crippen LogP contribution is 2.35. The summed E-state index contributed by atoms with van der Waals surface area (Å²) in [6.07, 6.45) is 0.750. The predicted octanol–water partition coefficient (Wildman–Crippen LogP) is 3.35. The maximum atomic E-state index is 12.5. The largest absolute Gasteiger partial charge is 0.392 e. The molecule has 0 radical (unpaired) electrons. The van der Waals surface area contributed by atoms with E-state index in [2.05, 4.69) is 17.1 Å². The number of nitriles is 1. The fourth-order valence-corrected chi connectivity index (χ4v) is 3.75. The van der Waals surface area contributed by atoms with Gasteiger partial charge in [-0.3, -0.25) is 4.79 Å². The Morgan fingerprint density at radius 1 is 1.33 bits per heavy atom. The highest BCUT2D eigenvalue weighted by atomic mass is 35.5. The zero-order chi connectivity index (χ0) is 19.4. The Bertz CT molecular complexity index is 861. The molecule has 0 aliphatic carbocycles. The lowest BCUT2D eigenvalue weighted by Gasteiger charge is -2.26. The van der Waals surface area contributed by atoms with Crippen LogP contribution in [-0.4, -0.2) is 30.1 Å². The Morgan fingerprint density at radius 2 is 2.07 bits per heavy atom. The summed E-state index contributed by atoms with van der Waals surface area (Å²) >= 11 is 6.42. The Kier molecular flexibility index (Phi) is 6.00. The average Bonchev–Trinajstić information content (AvgIpc) is 3.08. The van der Waals surface area contributed by atoms with Gasteiger partial charge >= 0.3 is 0 Å². The second-order valence-electron chi connectivity index (χ2n) is 6.90. The van der Waals surface area contributed by atoms with E-state index in [1.165, 1.54) is 0 Å². The molecule has 0 aromatic heterocycles. The van der Waals surface area contributed by atoms with Crippen LogP contribution in [0.3, 0.4) is 0 Å². The second kappa shape index (κ2) is 8.43. The standard InChI is InChI=1S/C21H22ClN3O2/c1-14-10-20(21(27)24-9-8-23)25(12-14)17-6-7-19(22)18(11-17)16-4-2-15(13-26)3-5-16/h2-7,11,14,20,26H,9-10,12-13H2,1H3,(H,24,27)/t14-,20-/m0/s1. The van der Waals surface area contributed by atoms with Gasteiger partial charge in [0.1, 0.15) is 12.6 Å². The van der Waals surface area contributed by atoms with Crippen molar-refractivity contribution in [2.24, 2.45) is 5.92 Å². The number of nitrogens with one attached hydrogen (secondary N) is 1. The monoisotopic (exact) mass is 383 g/mol. The molecular formula is C21H22ClN3O2. The van der Waals surface area contributed by atoms with Gasteiger partial charge in [0.25, 0.3) is 0 Å². The van der Waals surface area contributed by atoms with Crippen molar-refractivity contribution in [1.82, 2.24) is 5.32 Å². The van der Waals surface area contributed by atoms with Crippen LogP contribution in [0, 0.1) is 17.2 Å². The first kappa shape index (κ1) is 19.2. The van der Waals surface area contributed by atoms with Gasteiger partial charge in [0.15, 0.2) is 0 Å². The van der Waals surface area contributed by atoms with Crippen molar-refractivity contribution >= 4 is 23.2 Å². The van der Waals surface area contributed by atoms with Crippen molar-refractivity contribution in [3.8, 4) is 17.2 Å². The molecule has 1 aliphatic heterocycles. The maximum Gasteiger partial charge on any atom is 0.243 e. The number of hydrogen-bond donors (Lipinski definition) is 2. The van der Waals surface area contributed by atoms with Crippen molar-refractivity contribution in [2.45, 2.75) is 26.0 Å². The van der Waals surface area contributed by atoms with Crippen molar-refractivity contribution in [3.05, 3.63) is 53.1 Å². The van der Waals surface area contributed by atoms with Gasteiger partial charge in [0.2, 0.25) is 5.91 Å². The average molecular weight is 384 g/mol. The van der Waals surface area contributed by atoms with E-state index in [4.69, 9.17) is 16.9 Å². The molecule has 0 saturated carbocycles. The number of halogens is 1. The molecule has 2 aromatic rings. The van der Waals surface area contributed by atoms with Gasteiger partial charge in [-0.1, -0.05) is 42.8 Å². The molecule has 1 saturated heterocycles. The van der Waals surface area contributed by atoms with Gasteiger partial charge in [0.05, 0.1) is 12.7 Å². The number of aliphatic hydroxyl groups is 1. The summed E-state index contributed by atoms with van der Waals surface area (Å²) in [6.45, 7) is 2.91. The summed E-state index contributed by atoms with van der Waals surface area (Å²) < 4.78 is 0. The molecule has 1 fully saturated rings. The molecule has 6 heteroatoms. The van der Waals surface area contributed by atoms with Gasteiger partial charge in [-0.15, -0.1) is 0 Å². The summed E-state index contributed by atoms with van der Waals surface area (Å²) in [4.78, 5) is 14.6. The third kappa shape index (κ3) is 4.24. The number of rotatable bonds is 5. The minimum Gasteiger partial charge on any atom is -0.392 e. The first-order chi connectivity index (χ1) is 13.0. The van der Waals surface area contributed by atoms with Crippen molar-refractivity contribution in [2.75, 3.05) is 18.0 Å². The zero-order valence-electron chi connectivity index (χ0n) is 15.2. The van der Waals surface area contributed by atoms with Gasteiger partial charge in [-0.2, -0.15) is 5.26 Å². The highest BCUT2D eigenvalue weighted by molar-refractivity contribution is 6.33. The summed E-state index contributed by atoms with van der Waals surface area (Å²) in [5.41, 5.74) is 3.61. The lowest BCUT2D eigenvalue weighted by Crippen LogP contribution is -2.43. The zero-order valence-corrected chi connectivity index (χ0v) is 15.9. The van der Waals surface area contributed by atoms with Crippen LogP contribution in [0.4, 0.5) is 5.69 Å². The Hall–Kier alpha value is -2.55. The first-order valence-electron chi connectivity index (χ1n) is 8.94. The van der Waals surface area contributed by atoms with E-state index in [0.717, 1.165) is 35.3 Å². The number of aliphatic hydroxyl groups excluding tert-OH is 1. The van der Waals surface area contributed by atoms with E-state index in [1.807, 2.05) is 48.5 Å². The lowest BCUT2D eigenvalue weighted by molar-refractivity contribution is -0.122. The molecule has 3 rings (SSSR count). The van der Waals surface area contributed by atoms with E-state index in [-0.39, 0.29) is 25.1 Å².